The number of nitrogens with one attached hydrogen (secondary N) is 1. The van der Waals surface area contributed by atoms with Crippen LogP contribution in [0.5, 0.6) is 0 Å². The zero-order chi connectivity index (χ0) is 17.1. The van der Waals surface area contributed by atoms with Gasteiger partial charge < -0.3 is 0 Å². The van der Waals surface area contributed by atoms with Gasteiger partial charge >= 0.3 is 0 Å². The van der Waals surface area contributed by atoms with E-state index in [2.05, 4.69) is 22.7 Å². The van der Waals surface area contributed by atoms with Gasteiger partial charge in [0.1, 0.15) is 0 Å². The Morgan fingerprint density at radius 3 is 2.46 bits per heavy atom. The van der Waals surface area contributed by atoms with E-state index >= 15 is 0 Å². The number of nitro groups is 1. The molecule has 1 aliphatic carbocycles. The van der Waals surface area contributed by atoms with Gasteiger partial charge in [0.25, 0.3) is 11.6 Å². The smallest absolute Gasteiger partial charge is 0.267 e. The summed E-state index contributed by atoms with van der Waals surface area (Å²) < 4.78 is 0. The molecule has 0 aliphatic heterocycles. The van der Waals surface area contributed by atoms with E-state index in [1.807, 2.05) is 13.0 Å². The minimum absolute atomic E-state index is 0.0515. The number of benzene rings is 2. The number of aryl methyl sites for hydroxylation is 2. The molecule has 0 heterocycles. The van der Waals surface area contributed by atoms with Gasteiger partial charge in [-0.2, -0.15) is 5.10 Å². The van der Waals surface area contributed by atoms with Crippen molar-refractivity contribution in [3.63, 3.8) is 0 Å². The first kappa shape index (κ1) is 15.9. The largest absolute Gasteiger partial charge is 0.271 e. The third-order valence-corrected chi connectivity index (χ3v) is 4.18. The fourth-order valence-corrected chi connectivity index (χ4v) is 2.80. The predicted octanol–water partition coefficient (Wildman–Crippen LogP) is 3.24. The van der Waals surface area contributed by atoms with Gasteiger partial charge in [-0.15, -0.1) is 0 Å². The van der Waals surface area contributed by atoms with Gasteiger partial charge in [-0.3, -0.25) is 14.9 Å². The van der Waals surface area contributed by atoms with Crippen molar-refractivity contribution in [3.05, 3.63) is 74.8 Å². The van der Waals surface area contributed by atoms with Crippen molar-refractivity contribution in [2.45, 2.75) is 26.2 Å². The quantitative estimate of drug-likeness (QED) is 0.532. The number of carbonyl (C=O) groups excluding carboxylic acids is 1. The summed E-state index contributed by atoms with van der Waals surface area (Å²) in [5, 5.41) is 14.8. The molecular weight excluding hydrogens is 306 g/mol. The molecule has 2 aromatic rings. The Morgan fingerprint density at radius 1 is 1.08 bits per heavy atom. The number of carbonyl (C=O) groups is 1. The van der Waals surface area contributed by atoms with Gasteiger partial charge in [0.2, 0.25) is 0 Å². The maximum absolute atomic E-state index is 12.1. The van der Waals surface area contributed by atoms with E-state index in [4.69, 9.17) is 0 Å². The Morgan fingerprint density at radius 2 is 1.75 bits per heavy atom. The standard InChI is InChI=1S/C18H17N3O3/c1-12(15-6-5-13-3-2-4-16(13)11-15)19-20-18(22)14-7-9-17(10-8-14)21(23)24/h5-11H,2-4H2,1H3,(H,20,22)/b19-12-. The van der Waals surface area contributed by atoms with Gasteiger partial charge in [0, 0.05) is 17.7 Å². The Kier molecular flexibility index (Phi) is 4.37. The molecule has 6 heteroatoms. The monoisotopic (exact) mass is 323 g/mol. The second kappa shape index (κ2) is 6.62. The van der Waals surface area contributed by atoms with Crippen LogP contribution in [0.15, 0.2) is 47.6 Å². The van der Waals surface area contributed by atoms with Gasteiger partial charge in [-0.25, -0.2) is 5.43 Å². The average molecular weight is 323 g/mol. The average Bonchev–Trinajstić information content (AvgIpc) is 3.07. The van der Waals surface area contributed by atoms with E-state index < -0.39 is 10.8 Å². The molecule has 3 rings (SSSR count). The molecule has 0 fully saturated rings. The zero-order valence-electron chi connectivity index (χ0n) is 13.3. The van der Waals surface area contributed by atoms with Crippen molar-refractivity contribution >= 4 is 17.3 Å². The number of hydrogen-bond donors (Lipinski definition) is 1. The summed E-state index contributed by atoms with van der Waals surface area (Å²) in [7, 11) is 0. The minimum atomic E-state index is -0.502. The Labute approximate surface area is 139 Å². The first-order valence-electron chi connectivity index (χ1n) is 7.76. The van der Waals surface area contributed by atoms with Crippen LogP contribution in [0.3, 0.4) is 0 Å². The van der Waals surface area contributed by atoms with Crippen molar-refractivity contribution in [3.8, 4) is 0 Å². The van der Waals surface area contributed by atoms with Gasteiger partial charge in [-0.1, -0.05) is 12.1 Å². The molecule has 122 valence electrons. The third kappa shape index (κ3) is 3.32. The lowest BCUT2D eigenvalue weighted by Gasteiger charge is -2.05. The number of amides is 1. The summed E-state index contributed by atoms with van der Waals surface area (Å²) in [6.07, 6.45) is 3.40. The van der Waals surface area contributed by atoms with E-state index in [9.17, 15) is 14.9 Å². The molecule has 0 radical (unpaired) electrons. The van der Waals surface area contributed by atoms with Crippen LogP contribution in [0, 0.1) is 10.1 Å². The lowest BCUT2D eigenvalue weighted by atomic mass is 10.0. The highest BCUT2D eigenvalue weighted by molar-refractivity contribution is 6.01. The number of fused-ring (bicyclic) bond motifs is 1. The molecule has 2 aromatic carbocycles. The molecule has 1 aliphatic rings. The fourth-order valence-electron chi connectivity index (χ4n) is 2.80. The van der Waals surface area contributed by atoms with Crippen molar-refractivity contribution in [2.24, 2.45) is 5.10 Å². The van der Waals surface area contributed by atoms with E-state index in [-0.39, 0.29) is 5.69 Å². The normalized spacial score (nSPS) is 13.5. The molecule has 0 bridgehead atoms. The number of nitrogens with zero attached hydrogens (tertiary/aromatic N) is 2. The molecule has 0 saturated carbocycles. The van der Waals surface area contributed by atoms with Crippen LogP contribution in [-0.4, -0.2) is 16.5 Å². The van der Waals surface area contributed by atoms with Crippen LogP contribution in [0.2, 0.25) is 0 Å². The Balaban J connectivity index is 1.70. The van der Waals surface area contributed by atoms with Crippen LogP contribution < -0.4 is 5.43 Å². The maximum Gasteiger partial charge on any atom is 0.271 e. The van der Waals surface area contributed by atoms with Crippen molar-refractivity contribution in [1.29, 1.82) is 0 Å². The molecule has 0 saturated heterocycles. The summed E-state index contributed by atoms with van der Waals surface area (Å²) >= 11 is 0. The molecule has 1 amide bonds. The molecule has 0 unspecified atom stereocenters. The molecule has 0 spiro atoms. The van der Waals surface area contributed by atoms with Crippen molar-refractivity contribution in [1.82, 2.24) is 5.43 Å². The summed E-state index contributed by atoms with van der Waals surface area (Å²) in [6.45, 7) is 1.84. The highest BCUT2D eigenvalue weighted by atomic mass is 16.6. The van der Waals surface area contributed by atoms with Crippen LogP contribution in [-0.2, 0) is 12.8 Å². The number of hydrazone groups is 1. The number of nitro benzene ring substituents is 1. The number of non-ortho nitro benzene ring substituents is 1. The van der Waals surface area contributed by atoms with E-state index in [0.717, 1.165) is 24.1 Å². The predicted molar refractivity (Wildman–Crippen MR) is 91.2 cm³/mol. The highest BCUT2D eigenvalue weighted by Crippen LogP contribution is 2.23. The molecule has 24 heavy (non-hydrogen) atoms. The van der Waals surface area contributed by atoms with Crippen LogP contribution >= 0.6 is 0 Å². The van der Waals surface area contributed by atoms with E-state index in [0.29, 0.717) is 5.56 Å². The second-order valence-corrected chi connectivity index (χ2v) is 5.78. The van der Waals surface area contributed by atoms with Gasteiger partial charge in [0.15, 0.2) is 0 Å². The molecular formula is C18H17N3O3. The summed E-state index contributed by atoms with van der Waals surface area (Å²) in [6, 6.07) is 11.7. The lowest BCUT2D eigenvalue weighted by Crippen LogP contribution is -2.19. The van der Waals surface area contributed by atoms with Crippen LogP contribution in [0.25, 0.3) is 0 Å². The van der Waals surface area contributed by atoms with Crippen molar-refractivity contribution < 1.29 is 9.72 Å². The highest BCUT2D eigenvalue weighted by Gasteiger charge is 2.12. The zero-order valence-corrected chi connectivity index (χ0v) is 13.3. The maximum atomic E-state index is 12.1. The number of hydrogen-bond acceptors (Lipinski definition) is 4. The van der Waals surface area contributed by atoms with E-state index in [1.54, 1.807) is 0 Å². The number of rotatable bonds is 4. The fraction of sp³-hybridized carbons (Fsp3) is 0.222. The second-order valence-electron chi connectivity index (χ2n) is 5.78. The molecule has 0 aromatic heterocycles. The van der Waals surface area contributed by atoms with Gasteiger partial charge in [0.05, 0.1) is 10.6 Å². The first-order valence-corrected chi connectivity index (χ1v) is 7.76. The SMILES string of the molecule is C/C(=N/NC(=O)c1ccc([N+](=O)[O-])cc1)c1ccc2c(c1)CCC2. The van der Waals surface area contributed by atoms with Gasteiger partial charge in [-0.05, 0) is 61.1 Å². The topological polar surface area (TPSA) is 84.6 Å². The molecule has 1 N–H and O–H groups in total. The van der Waals surface area contributed by atoms with Crippen LogP contribution in [0.1, 0.15) is 40.4 Å². The Hall–Kier alpha value is -3.02. The Bertz CT molecular complexity index is 826. The first-order chi connectivity index (χ1) is 11.5. The van der Waals surface area contributed by atoms with Crippen LogP contribution in [0.4, 0.5) is 5.69 Å². The molecule has 6 nitrogen and oxygen atoms in total. The third-order valence-electron chi connectivity index (χ3n) is 4.18. The lowest BCUT2D eigenvalue weighted by molar-refractivity contribution is -0.384. The summed E-state index contributed by atoms with van der Waals surface area (Å²) in [5.74, 6) is -0.398. The minimum Gasteiger partial charge on any atom is -0.267 e. The van der Waals surface area contributed by atoms with Crippen molar-refractivity contribution in [2.75, 3.05) is 0 Å². The summed E-state index contributed by atoms with van der Waals surface area (Å²) in [5.41, 5.74) is 7.22. The summed E-state index contributed by atoms with van der Waals surface area (Å²) in [4.78, 5) is 22.2. The molecule has 0 atom stereocenters. The van der Waals surface area contributed by atoms with E-state index in [1.165, 1.54) is 41.8 Å².